The third-order valence-corrected chi connectivity index (χ3v) is 4.82. The zero-order chi connectivity index (χ0) is 17.1. The highest BCUT2D eigenvalue weighted by molar-refractivity contribution is 5.47. The van der Waals surface area contributed by atoms with E-state index < -0.39 is 0 Å². The van der Waals surface area contributed by atoms with Crippen LogP contribution in [0.15, 0.2) is 18.6 Å². The normalized spacial score (nSPS) is 18.4. The van der Waals surface area contributed by atoms with Gasteiger partial charge in [0, 0.05) is 49.2 Å². The Morgan fingerprint density at radius 3 is 2.88 bits per heavy atom. The van der Waals surface area contributed by atoms with Crippen LogP contribution in [-0.2, 0) is 6.42 Å². The number of piperidine rings is 1. The summed E-state index contributed by atoms with van der Waals surface area (Å²) < 4.78 is 2.31. The van der Waals surface area contributed by atoms with Gasteiger partial charge in [-0.2, -0.15) is 0 Å². The van der Waals surface area contributed by atoms with Crippen LogP contribution in [-0.4, -0.2) is 32.6 Å². The smallest absolute Gasteiger partial charge is 0.135 e. The second-order valence-electron chi connectivity index (χ2n) is 7.09. The van der Waals surface area contributed by atoms with Gasteiger partial charge in [-0.05, 0) is 40.0 Å². The van der Waals surface area contributed by atoms with Crippen molar-refractivity contribution in [3.05, 3.63) is 35.8 Å². The standard InChI is InChI=1S/C19H29N5/c1-5-7-16-12-21-15(4)22-19(16)23-10-6-8-17(13-23)18-20-9-11-24(18)14(2)3/h9,11-12,14,17H,5-8,10,13H2,1-4H3/t17-/m1/s1. The van der Waals surface area contributed by atoms with Crippen LogP contribution in [0.5, 0.6) is 0 Å². The molecule has 0 N–H and O–H groups in total. The van der Waals surface area contributed by atoms with Gasteiger partial charge in [-0.3, -0.25) is 0 Å². The van der Waals surface area contributed by atoms with Gasteiger partial charge in [-0.15, -0.1) is 0 Å². The second kappa shape index (κ2) is 7.32. The molecule has 2 aromatic rings. The Hall–Kier alpha value is -1.91. The van der Waals surface area contributed by atoms with Gasteiger partial charge in [0.05, 0.1) is 0 Å². The zero-order valence-corrected chi connectivity index (χ0v) is 15.4. The Balaban J connectivity index is 1.86. The number of hydrogen-bond acceptors (Lipinski definition) is 4. The molecule has 1 aliphatic rings. The second-order valence-corrected chi connectivity index (χ2v) is 7.09. The Morgan fingerprint density at radius 1 is 1.29 bits per heavy atom. The molecule has 0 amide bonds. The SMILES string of the molecule is CCCc1cnc(C)nc1N1CCC[C@@H](c2nccn2C(C)C)C1. The number of rotatable bonds is 5. The van der Waals surface area contributed by atoms with Gasteiger partial charge in [0.15, 0.2) is 0 Å². The van der Waals surface area contributed by atoms with Gasteiger partial charge in [0.25, 0.3) is 0 Å². The van der Waals surface area contributed by atoms with Crippen molar-refractivity contribution < 1.29 is 0 Å². The first-order valence-electron chi connectivity index (χ1n) is 9.20. The predicted octanol–water partition coefficient (Wildman–Crippen LogP) is 3.90. The fourth-order valence-electron chi connectivity index (χ4n) is 3.66. The van der Waals surface area contributed by atoms with Gasteiger partial charge in [0.2, 0.25) is 0 Å². The number of nitrogens with zero attached hydrogens (tertiary/aromatic N) is 5. The van der Waals surface area contributed by atoms with Crippen molar-refractivity contribution >= 4 is 5.82 Å². The maximum absolute atomic E-state index is 4.78. The summed E-state index contributed by atoms with van der Waals surface area (Å²) in [6.07, 6.45) is 10.6. The summed E-state index contributed by atoms with van der Waals surface area (Å²) in [6, 6.07) is 0.454. The Kier molecular flexibility index (Phi) is 5.17. The van der Waals surface area contributed by atoms with Crippen LogP contribution in [0.2, 0.25) is 0 Å². The summed E-state index contributed by atoms with van der Waals surface area (Å²) in [6.45, 7) is 10.7. The van der Waals surface area contributed by atoms with Crippen molar-refractivity contribution in [3.63, 3.8) is 0 Å². The van der Waals surface area contributed by atoms with Crippen LogP contribution in [0.1, 0.15) is 69.2 Å². The van der Waals surface area contributed by atoms with Crippen LogP contribution in [0.4, 0.5) is 5.82 Å². The number of imidazole rings is 1. The average molecular weight is 327 g/mol. The summed E-state index contributed by atoms with van der Waals surface area (Å²) >= 11 is 0. The number of aryl methyl sites for hydroxylation is 2. The lowest BCUT2D eigenvalue weighted by Gasteiger charge is -2.35. The number of aromatic nitrogens is 4. The van der Waals surface area contributed by atoms with Crippen LogP contribution in [0.3, 0.4) is 0 Å². The van der Waals surface area contributed by atoms with Crippen LogP contribution in [0, 0.1) is 6.92 Å². The third kappa shape index (κ3) is 3.45. The largest absolute Gasteiger partial charge is 0.356 e. The molecule has 0 aromatic carbocycles. The summed E-state index contributed by atoms with van der Waals surface area (Å²) in [5, 5.41) is 0. The fraction of sp³-hybridized carbons (Fsp3) is 0.632. The maximum Gasteiger partial charge on any atom is 0.135 e. The highest BCUT2D eigenvalue weighted by Gasteiger charge is 2.27. The minimum Gasteiger partial charge on any atom is -0.356 e. The molecule has 24 heavy (non-hydrogen) atoms. The van der Waals surface area contributed by atoms with E-state index in [-0.39, 0.29) is 0 Å². The van der Waals surface area contributed by atoms with E-state index in [0.717, 1.165) is 37.6 Å². The molecule has 3 heterocycles. The van der Waals surface area contributed by atoms with Crippen LogP contribution < -0.4 is 4.90 Å². The average Bonchev–Trinajstić information content (AvgIpc) is 3.07. The molecule has 0 radical (unpaired) electrons. The molecule has 0 unspecified atom stereocenters. The monoisotopic (exact) mass is 327 g/mol. The summed E-state index contributed by atoms with van der Waals surface area (Å²) in [7, 11) is 0. The van der Waals surface area contributed by atoms with Crippen molar-refractivity contribution in [3.8, 4) is 0 Å². The molecule has 1 saturated heterocycles. The Bertz CT molecular complexity index is 676. The fourth-order valence-corrected chi connectivity index (χ4v) is 3.66. The summed E-state index contributed by atoms with van der Waals surface area (Å²) in [4.78, 5) is 16.3. The minimum atomic E-state index is 0.454. The predicted molar refractivity (Wildman–Crippen MR) is 97.6 cm³/mol. The van der Waals surface area contributed by atoms with E-state index in [4.69, 9.17) is 4.98 Å². The summed E-state index contributed by atoms with van der Waals surface area (Å²) in [5.41, 5.74) is 1.27. The molecule has 2 aromatic heterocycles. The lowest BCUT2D eigenvalue weighted by Crippen LogP contribution is -2.37. The molecule has 1 fully saturated rings. The Morgan fingerprint density at radius 2 is 2.12 bits per heavy atom. The van der Waals surface area contributed by atoms with Gasteiger partial charge in [0.1, 0.15) is 17.5 Å². The lowest BCUT2D eigenvalue weighted by atomic mass is 9.96. The third-order valence-electron chi connectivity index (χ3n) is 4.82. The molecule has 5 nitrogen and oxygen atoms in total. The summed E-state index contributed by atoms with van der Waals surface area (Å²) in [5.74, 6) is 3.69. The van der Waals surface area contributed by atoms with Crippen molar-refractivity contribution in [2.45, 2.75) is 65.3 Å². The molecule has 0 bridgehead atoms. The highest BCUT2D eigenvalue weighted by Crippen LogP contribution is 2.31. The van der Waals surface area contributed by atoms with Gasteiger partial charge in [-0.1, -0.05) is 13.3 Å². The van der Waals surface area contributed by atoms with Gasteiger partial charge < -0.3 is 9.47 Å². The molecule has 0 aliphatic carbocycles. The van der Waals surface area contributed by atoms with E-state index in [2.05, 4.69) is 46.4 Å². The minimum absolute atomic E-state index is 0.454. The molecule has 3 rings (SSSR count). The molecule has 1 aliphatic heterocycles. The van der Waals surface area contributed by atoms with E-state index >= 15 is 0 Å². The zero-order valence-electron chi connectivity index (χ0n) is 15.4. The van der Waals surface area contributed by atoms with Crippen molar-refractivity contribution in [2.75, 3.05) is 18.0 Å². The quantitative estimate of drug-likeness (QED) is 0.835. The first-order chi connectivity index (χ1) is 11.6. The first kappa shape index (κ1) is 16.9. The molecular formula is C19H29N5. The maximum atomic E-state index is 4.78. The number of hydrogen-bond donors (Lipinski definition) is 0. The topological polar surface area (TPSA) is 46.8 Å². The van der Waals surface area contributed by atoms with Crippen LogP contribution in [0.25, 0.3) is 0 Å². The van der Waals surface area contributed by atoms with E-state index in [1.807, 2.05) is 19.3 Å². The van der Waals surface area contributed by atoms with E-state index in [1.54, 1.807) is 0 Å². The van der Waals surface area contributed by atoms with Gasteiger partial charge >= 0.3 is 0 Å². The van der Waals surface area contributed by atoms with Gasteiger partial charge in [-0.25, -0.2) is 15.0 Å². The number of anilines is 1. The molecule has 0 spiro atoms. The molecule has 130 valence electrons. The Labute approximate surface area is 145 Å². The van der Waals surface area contributed by atoms with Crippen molar-refractivity contribution in [1.82, 2.24) is 19.5 Å². The van der Waals surface area contributed by atoms with E-state index in [0.29, 0.717) is 12.0 Å². The van der Waals surface area contributed by atoms with Crippen molar-refractivity contribution in [1.29, 1.82) is 0 Å². The molecule has 5 heteroatoms. The van der Waals surface area contributed by atoms with E-state index in [9.17, 15) is 0 Å². The lowest BCUT2D eigenvalue weighted by molar-refractivity contribution is 0.452. The highest BCUT2D eigenvalue weighted by atomic mass is 15.2. The van der Waals surface area contributed by atoms with Crippen LogP contribution >= 0.6 is 0 Å². The van der Waals surface area contributed by atoms with E-state index in [1.165, 1.54) is 24.2 Å². The molecule has 1 atom stereocenters. The molecular weight excluding hydrogens is 298 g/mol. The molecule has 0 saturated carbocycles. The first-order valence-corrected chi connectivity index (χ1v) is 9.20. The van der Waals surface area contributed by atoms with Crippen molar-refractivity contribution in [2.24, 2.45) is 0 Å².